The summed E-state index contributed by atoms with van der Waals surface area (Å²) in [4.78, 5) is 28.1. The topological polar surface area (TPSA) is 110 Å². The second kappa shape index (κ2) is 11.0. The van der Waals surface area contributed by atoms with Gasteiger partial charge in [-0.05, 0) is 37.1 Å². The van der Waals surface area contributed by atoms with Crippen LogP contribution < -0.4 is 10.1 Å². The molecule has 38 heavy (non-hydrogen) atoms. The van der Waals surface area contributed by atoms with Crippen LogP contribution in [0.2, 0.25) is 0 Å². The third kappa shape index (κ3) is 5.47. The van der Waals surface area contributed by atoms with Gasteiger partial charge >= 0.3 is 0 Å². The lowest BCUT2D eigenvalue weighted by molar-refractivity contribution is 0.0302. The molecule has 2 atom stereocenters. The number of morpholine rings is 1. The predicted octanol–water partition coefficient (Wildman–Crippen LogP) is 4.73. The minimum absolute atomic E-state index is 0.0485. The smallest absolute Gasteiger partial charge is 0.255 e. The third-order valence-corrected chi connectivity index (χ3v) is 7.89. The number of nitrogens with zero attached hydrogens (tertiary/aromatic N) is 4. The number of nitrogens with one attached hydrogen (secondary N) is 1. The second-order valence-corrected chi connectivity index (χ2v) is 10.6. The van der Waals surface area contributed by atoms with Crippen LogP contribution in [0.4, 0.5) is 5.13 Å². The minimum atomic E-state index is -0.330. The zero-order valence-electron chi connectivity index (χ0n) is 20.9. The number of anilines is 1. The molecule has 0 radical (unpaired) electrons. The number of carbonyl (C=O) groups is 1. The van der Waals surface area contributed by atoms with Crippen LogP contribution in [0.25, 0.3) is 21.5 Å². The lowest BCUT2D eigenvalue weighted by atomic mass is 9.93. The van der Waals surface area contributed by atoms with Crippen LogP contribution in [0.1, 0.15) is 36.0 Å². The number of aliphatic hydroxyl groups excluding tert-OH is 1. The fourth-order valence-corrected chi connectivity index (χ4v) is 5.84. The van der Waals surface area contributed by atoms with Crippen LogP contribution in [0.15, 0.2) is 55.0 Å². The van der Waals surface area contributed by atoms with Gasteiger partial charge in [-0.25, -0.2) is 4.98 Å². The van der Waals surface area contributed by atoms with Crippen molar-refractivity contribution in [2.24, 2.45) is 0 Å². The summed E-state index contributed by atoms with van der Waals surface area (Å²) in [6.45, 7) is 2.26. The summed E-state index contributed by atoms with van der Waals surface area (Å²) in [6, 6.07) is 11.3. The van der Waals surface area contributed by atoms with Crippen LogP contribution in [0.5, 0.6) is 11.5 Å². The summed E-state index contributed by atoms with van der Waals surface area (Å²) in [5, 5.41) is 14.5. The number of aliphatic hydroxyl groups is 1. The fourth-order valence-electron chi connectivity index (χ4n) is 4.88. The number of carbonyl (C=O) groups excluding carboxylic acids is 1. The summed E-state index contributed by atoms with van der Waals surface area (Å²) in [5.74, 6) is 1.27. The highest BCUT2D eigenvalue weighted by atomic mass is 32.1. The van der Waals surface area contributed by atoms with Crippen molar-refractivity contribution in [3.05, 3.63) is 60.6 Å². The summed E-state index contributed by atoms with van der Waals surface area (Å²) in [6.07, 6.45) is 8.62. The van der Waals surface area contributed by atoms with E-state index in [0.29, 0.717) is 49.1 Å². The Morgan fingerprint density at radius 1 is 1.08 bits per heavy atom. The summed E-state index contributed by atoms with van der Waals surface area (Å²) in [5.41, 5.74) is 2.83. The minimum Gasteiger partial charge on any atom is -0.457 e. The number of aromatic nitrogens is 3. The van der Waals surface area contributed by atoms with Crippen molar-refractivity contribution < 1.29 is 19.4 Å². The van der Waals surface area contributed by atoms with E-state index in [-0.39, 0.29) is 18.1 Å². The molecular formula is C28H29N5O4S. The van der Waals surface area contributed by atoms with E-state index in [9.17, 15) is 9.90 Å². The van der Waals surface area contributed by atoms with Gasteiger partial charge in [-0.15, -0.1) is 0 Å². The van der Waals surface area contributed by atoms with Gasteiger partial charge in [0, 0.05) is 49.4 Å². The maximum atomic E-state index is 12.9. The van der Waals surface area contributed by atoms with E-state index in [0.717, 1.165) is 46.6 Å². The Bertz CT molecular complexity index is 1440. The van der Waals surface area contributed by atoms with Crippen molar-refractivity contribution in [2.75, 3.05) is 31.6 Å². The SMILES string of the molecule is O=C(c1cncc(-c2cc(Oc3ccc4nc(N[C@@H]5CCCC[C@H]5O)sc4c3)ccn2)c1)N1CCOCC1. The van der Waals surface area contributed by atoms with E-state index >= 15 is 0 Å². The summed E-state index contributed by atoms with van der Waals surface area (Å²) in [7, 11) is 0. The molecule has 2 aliphatic rings. The first-order valence-corrected chi connectivity index (χ1v) is 13.8. The molecule has 9 nitrogen and oxygen atoms in total. The van der Waals surface area contributed by atoms with Crippen LogP contribution in [0.3, 0.4) is 0 Å². The van der Waals surface area contributed by atoms with E-state index in [1.807, 2.05) is 30.3 Å². The molecule has 2 fully saturated rings. The average molecular weight is 532 g/mol. The highest BCUT2D eigenvalue weighted by Gasteiger charge is 2.24. The second-order valence-electron chi connectivity index (χ2n) is 9.60. The van der Waals surface area contributed by atoms with E-state index in [2.05, 4.69) is 20.3 Å². The molecule has 1 aliphatic carbocycles. The van der Waals surface area contributed by atoms with Crippen molar-refractivity contribution in [3.8, 4) is 22.8 Å². The molecule has 4 aromatic rings. The first kappa shape index (κ1) is 24.7. The Balaban J connectivity index is 1.17. The molecule has 0 bridgehead atoms. The molecule has 1 aliphatic heterocycles. The maximum absolute atomic E-state index is 12.9. The standard InChI is InChI=1S/C28H29N5O4S/c34-25-4-2-1-3-22(25)31-28-32-23-6-5-20(15-26(23)38-28)37-21-7-8-30-24(14-21)18-13-19(17-29-16-18)27(35)33-9-11-36-12-10-33/h5-8,13-17,22,25,34H,1-4,9-12H2,(H,31,32)/t22-,25-/m1/s1. The summed E-state index contributed by atoms with van der Waals surface area (Å²) < 4.78 is 12.5. The number of fused-ring (bicyclic) bond motifs is 1. The van der Waals surface area contributed by atoms with Gasteiger partial charge in [0.05, 0.1) is 46.8 Å². The molecule has 0 unspecified atom stereocenters. The molecule has 10 heteroatoms. The van der Waals surface area contributed by atoms with Crippen LogP contribution in [-0.4, -0.2) is 69.3 Å². The number of thiazole rings is 1. The Kier molecular flexibility index (Phi) is 7.17. The van der Waals surface area contributed by atoms with Crippen molar-refractivity contribution in [3.63, 3.8) is 0 Å². The molecule has 2 N–H and O–H groups in total. The molecule has 196 valence electrons. The largest absolute Gasteiger partial charge is 0.457 e. The Morgan fingerprint density at radius 2 is 1.92 bits per heavy atom. The highest BCUT2D eigenvalue weighted by Crippen LogP contribution is 2.33. The van der Waals surface area contributed by atoms with Crippen LogP contribution >= 0.6 is 11.3 Å². The fraction of sp³-hybridized carbons (Fsp3) is 0.357. The van der Waals surface area contributed by atoms with Gasteiger partial charge in [-0.1, -0.05) is 24.2 Å². The van der Waals surface area contributed by atoms with E-state index in [1.165, 1.54) is 0 Å². The molecule has 3 aromatic heterocycles. The first-order chi connectivity index (χ1) is 18.6. The van der Waals surface area contributed by atoms with Gasteiger partial charge in [-0.3, -0.25) is 14.8 Å². The summed E-state index contributed by atoms with van der Waals surface area (Å²) >= 11 is 1.56. The van der Waals surface area contributed by atoms with Gasteiger partial charge in [0.25, 0.3) is 5.91 Å². The highest BCUT2D eigenvalue weighted by molar-refractivity contribution is 7.22. The molecule has 0 spiro atoms. The molecule has 1 aromatic carbocycles. The zero-order valence-corrected chi connectivity index (χ0v) is 21.7. The van der Waals surface area contributed by atoms with Crippen molar-refractivity contribution in [2.45, 2.75) is 37.8 Å². The Hall–Kier alpha value is -3.60. The quantitative estimate of drug-likeness (QED) is 0.367. The third-order valence-electron chi connectivity index (χ3n) is 6.94. The molecular weight excluding hydrogens is 502 g/mol. The Labute approximate surface area is 224 Å². The number of amides is 1. The van der Waals surface area contributed by atoms with Gasteiger partial charge in [0.2, 0.25) is 0 Å². The van der Waals surface area contributed by atoms with Crippen LogP contribution in [0, 0.1) is 0 Å². The number of hydrogen-bond donors (Lipinski definition) is 2. The first-order valence-electron chi connectivity index (χ1n) is 12.9. The van der Waals surface area contributed by atoms with Crippen molar-refractivity contribution in [1.29, 1.82) is 0 Å². The zero-order chi connectivity index (χ0) is 25.9. The van der Waals surface area contributed by atoms with Crippen molar-refractivity contribution >= 4 is 32.6 Å². The van der Waals surface area contributed by atoms with Gasteiger partial charge < -0.3 is 24.8 Å². The molecule has 1 saturated heterocycles. The van der Waals surface area contributed by atoms with Crippen LogP contribution in [-0.2, 0) is 4.74 Å². The number of benzene rings is 1. The van der Waals surface area contributed by atoms with Crippen molar-refractivity contribution in [1.82, 2.24) is 19.9 Å². The van der Waals surface area contributed by atoms with E-state index in [1.54, 1.807) is 40.9 Å². The molecule has 1 saturated carbocycles. The maximum Gasteiger partial charge on any atom is 0.255 e. The normalized spacial score (nSPS) is 19.9. The molecule has 6 rings (SSSR count). The molecule has 4 heterocycles. The Morgan fingerprint density at radius 3 is 2.79 bits per heavy atom. The average Bonchev–Trinajstić information content (AvgIpc) is 3.36. The number of rotatable bonds is 6. The van der Waals surface area contributed by atoms with E-state index < -0.39 is 0 Å². The lowest BCUT2D eigenvalue weighted by Crippen LogP contribution is -2.40. The molecule has 1 amide bonds. The van der Waals surface area contributed by atoms with Gasteiger partial charge in [-0.2, -0.15) is 0 Å². The van der Waals surface area contributed by atoms with Gasteiger partial charge in [0.15, 0.2) is 5.13 Å². The van der Waals surface area contributed by atoms with E-state index in [4.69, 9.17) is 9.47 Å². The lowest BCUT2D eigenvalue weighted by Gasteiger charge is -2.27. The van der Waals surface area contributed by atoms with Gasteiger partial charge in [0.1, 0.15) is 11.5 Å². The number of ether oxygens (including phenoxy) is 2. The predicted molar refractivity (Wildman–Crippen MR) is 146 cm³/mol. The number of hydrogen-bond acceptors (Lipinski definition) is 9. The monoisotopic (exact) mass is 531 g/mol. The number of pyridine rings is 2.